The number of hydrogen-bond donors (Lipinski definition) is 3. The molecule has 6 heteroatoms. The third-order valence-corrected chi connectivity index (χ3v) is 2.51. The monoisotopic (exact) mass is 260 g/mol. The van der Waals surface area contributed by atoms with Crippen molar-refractivity contribution >= 4 is 11.8 Å². The summed E-state index contributed by atoms with van der Waals surface area (Å²) in [7, 11) is 0. The van der Waals surface area contributed by atoms with E-state index in [1.807, 2.05) is 36.4 Å². The van der Waals surface area contributed by atoms with E-state index in [-0.39, 0.29) is 6.42 Å². The second-order valence-electron chi connectivity index (χ2n) is 4.16. The number of rotatable bonds is 6. The van der Waals surface area contributed by atoms with Gasteiger partial charge >= 0.3 is 0 Å². The third-order valence-electron chi connectivity index (χ3n) is 2.51. The van der Waals surface area contributed by atoms with Crippen molar-refractivity contribution in [2.45, 2.75) is 24.9 Å². The summed E-state index contributed by atoms with van der Waals surface area (Å²) in [4.78, 5) is 22.3. The first kappa shape index (κ1) is 14.7. The van der Waals surface area contributed by atoms with E-state index in [2.05, 4.69) is 5.32 Å². The van der Waals surface area contributed by atoms with E-state index in [9.17, 15) is 9.59 Å². The van der Waals surface area contributed by atoms with Gasteiger partial charge in [0.25, 0.3) is 0 Å². The molecule has 0 aromatic heterocycles. The highest BCUT2D eigenvalue weighted by molar-refractivity contribution is 5.87. The van der Waals surface area contributed by atoms with Crippen LogP contribution in [0.5, 0.6) is 0 Å². The van der Waals surface area contributed by atoms with E-state index in [1.165, 1.54) is 0 Å². The first-order chi connectivity index (χ1) is 9.02. The maximum absolute atomic E-state index is 11.6. The lowest BCUT2D eigenvalue weighted by atomic mass is 10.1. The summed E-state index contributed by atoms with van der Waals surface area (Å²) in [6, 6.07) is 9.57. The fourth-order valence-electron chi connectivity index (χ4n) is 1.57. The average Bonchev–Trinajstić information content (AvgIpc) is 2.38. The maximum atomic E-state index is 11.6. The van der Waals surface area contributed by atoms with Crippen molar-refractivity contribution in [3.05, 3.63) is 35.9 Å². The summed E-state index contributed by atoms with van der Waals surface area (Å²) in [6.45, 7) is 0. The van der Waals surface area contributed by atoms with Crippen LogP contribution in [0, 0.1) is 11.3 Å². The number of hydrogen-bond acceptors (Lipinski definition) is 4. The Morgan fingerprint density at radius 3 is 2.47 bits per heavy atom. The van der Waals surface area contributed by atoms with Crippen molar-refractivity contribution in [2.24, 2.45) is 11.5 Å². The largest absolute Gasteiger partial charge is 0.370 e. The maximum Gasteiger partial charge on any atom is 0.238 e. The van der Waals surface area contributed by atoms with E-state index in [0.717, 1.165) is 5.56 Å². The second kappa shape index (κ2) is 7.13. The van der Waals surface area contributed by atoms with Crippen molar-refractivity contribution in [3.8, 4) is 6.07 Å². The lowest BCUT2D eigenvalue weighted by Gasteiger charge is -2.15. The number of benzene rings is 1. The predicted octanol–water partition coefficient (Wildman–Crippen LogP) is -0.560. The number of nitrogens with one attached hydrogen (secondary N) is 1. The summed E-state index contributed by atoms with van der Waals surface area (Å²) < 4.78 is 0. The number of primary amides is 1. The van der Waals surface area contributed by atoms with E-state index in [0.29, 0.717) is 6.42 Å². The normalized spacial score (nSPS) is 13.1. The molecule has 0 saturated heterocycles. The molecule has 0 heterocycles. The zero-order chi connectivity index (χ0) is 14.3. The van der Waals surface area contributed by atoms with Gasteiger partial charge in [-0.05, 0) is 5.56 Å². The van der Waals surface area contributed by atoms with Crippen molar-refractivity contribution in [1.82, 2.24) is 5.32 Å². The van der Waals surface area contributed by atoms with E-state index < -0.39 is 23.9 Å². The van der Waals surface area contributed by atoms with E-state index >= 15 is 0 Å². The molecule has 0 radical (unpaired) electrons. The number of amides is 2. The van der Waals surface area contributed by atoms with Gasteiger partial charge in [0, 0.05) is 6.42 Å². The molecule has 19 heavy (non-hydrogen) atoms. The average molecular weight is 260 g/mol. The van der Waals surface area contributed by atoms with Gasteiger partial charge in [0.05, 0.1) is 18.5 Å². The smallest absolute Gasteiger partial charge is 0.238 e. The first-order valence-corrected chi connectivity index (χ1v) is 5.80. The predicted molar refractivity (Wildman–Crippen MR) is 69.5 cm³/mol. The Hall–Kier alpha value is -2.39. The quantitative estimate of drug-likeness (QED) is 0.634. The Bertz CT molecular complexity index is 481. The number of nitrogens with two attached hydrogens (primary N) is 2. The van der Waals surface area contributed by atoms with Gasteiger partial charge < -0.3 is 16.8 Å². The lowest BCUT2D eigenvalue weighted by Crippen LogP contribution is -2.47. The lowest BCUT2D eigenvalue weighted by molar-refractivity contribution is -0.126. The molecule has 100 valence electrons. The summed E-state index contributed by atoms with van der Waals surface area (Å²) >= 11 is 0. The third kappa shape index (κ3) is 5.19. The highest BCUT2D eigenvalue weighted by Crippen LogP contribution is 2.03. The van der Waals surface area contributed by atoms with Gasteiger partial charge in [-0.15, -0.1) is 0 Å². The topological polar surface area (TPSA) is 122 Å². The summed E-state index contributed by atoms with van der Waals surface area (Å²) in [5, 5.41) is 11.5. The Labute approximate surface area is 111 Å². The molecular weight excluding hydrogens is 244 g/mol. The standard InChI is InChI=1S/C13H16N4O2/c14-8-10(6-9-4-2-1-3-5-9)17-13(19)11(15)7-12(16)18/h1-5,10-11H,6-7,15H2,(H2,16,18)(H,17,19)/t10-,11-/m0/s1. The zero-order valence-corrected chi connectivity index (χ0v) is 10.4. The van der Waals surface area contributed by atoms with Gasteiger partial charge in [-0.3, -0.25) is 9.59 Å². The van der Waals surface area contributed by atoms with Crippen LogP contribution in [0.2, 0.25) is 0 Å². The summed E-state index contributed by atoms with van der Waals surface area (Å²) in [5.41, 5.74) is 11.4. The second-order valence-corrected chi connectivity index (χ2v) is 4.16. The van der Waals surface area contributed by atoms with Crippen molar-refractivity contribution in [2.75, 3.05) is 0 Å². The Morgan fingerprint density at radius 2 is 1.95 bits per heavy atom. The molecule has 0 bridgehead atoms. The van der Waals surface area contributed by atoms with Crippen molar-refractivity contribution < 1.29 is 9.59 Å². The molecule has 1 aromatic carbocycles. The zero-order valence-electron chi connectivity index (χ0n) is 10.4. The molecule has 6 nitrogen and oxygen atoms in total. The van der Waals surface area contributed by atoms with Crippen LogP contribution in [0.3, 0.4) is 0 Å². The van der Waals surface area contributed by atoms with E-state index in [4.69, 9.17) is 16.7 Å². The minimum atomic E-state index is -1.02. The molecule has 0 spiro atoms. The summed E-state index contributed by atoms with van der Waals surface area (Å²) in [5.74, 6) is -1.21. The van der Waals surface area contributed by atoms with Crippen LogP contribution in [0.1, 0.15) is 12.0 Å². The Balaban J connectivity index is 2.56. The van der Waals surface area contributed by atoms with Gasteiger partial charge in [0.15, 0.2) is 0 Å². The first-order valence-electron chi connectivity index (χ1n) is 5.80. The molecular formula is C13H16N4O2. The highest BCUT2D eigenvalue weighted by atomic mass is 16.2. The molecule has 2 amide bonds. The summed E-state index contributed by atoms with van der Waals surface area (Å²) in [6.07, 6.45) is 0.141. The molecule has 0 unspecified atom stereocenters. The van der Waals surface area contributed by atoms with Crippen molar-refractivity contribution in [1.29, 1.82) is 5.26 Å². The van der Waals surface area contributed by atoms with Crippen molar-refractivity contribution in [3.63, 3.8) is 0 Å². The molecule has 0 aliphatic carbocycles. The van der Waals surface area contributed by atoms with Gasteiger partial charge in [0.1, 0.15) is 6.04 Å². The molecule has 0 fully saturated rings. The number of nitrogens with zero attached hydrogens (tertiary/aromatic N) is 1. The van der Waals surface area contributed by atoms with Gasteiger partial charge in [-0.25, -0.2) is 0 Å². The SMILES string of the molecule is N#C[C@H](Cc1ccccc1)NC(=O)[C@@H](N)CC(N)=O. The molecule has 2 atom stereocenters. The minimum absolute atomic E-state index is 0.241. The molecule has 1 aromatic rings. The fourth-order valence-corrected chi connectivity index (χ4v) is 1.57. The number of nitriles is 1. The Kier molecular flexibility index (Phi) is 5.51. The van der Waals surface area contributed by atoms with Crippen LogP contribution in [-0.4, -0.2) is 23.9 Å². The van der Waals surface area contributed by atoms with Gasteiger partial charge in [-0.1, -0.05) is 30.3 Å². The molecule has 5 N–H and O–H groups in total. The molecule has 0 aliphatic heterocycles. The van der Waals surface area contributed by atoms with Gasteiger partial charge in [0.2, 0.25) is 11.8 Å². The van der Waals surface area contributed by atoms with Crippen LogP contribution in [0.25, 0.3) is 0 Å². The molecule has 1 rings (SSSR count). The van der Waals surface area contributed by atoms with Crippen LogP contribution >= 0.6 is 0 Å². The Morgan fingerprint density at radius 1 is 1.32 bits per heavy atom. The molecule has 0 saturated carbocycles. The molecule has 0 aliphatic rings. The number of carbonyl (C=O) groups excluding carboxylic acids is 2. The minimum Gasteiger partial charge on any atom is -0.370 e. The van der Waals surface area contributed by atoms with Crippen LogP contribution in [0.4, 0.5) is 0 Å². The van der Waals surface area contributed by atoms with Crippen LogP contribution < -0.4 is 16.8 Å². The van der Waals surface area contributed by atoms with E-state index in [1.54, 1.807) is 0 Å². The van der Waals surface area contributed by atoms with Crippen LogP contribution in [-0.2, 0) is 16.0 Å². The van der Waals surface area contributed by atoms with Crippen LogP contribution in [0.15, 0.2) is 30.3 Å². The fraction of sp³-hybridized carbons (Fsp3) is 0.308. The highest BCUT2D eigenvalue weighted by Gasteiger charge is 2.19. The number of carbonyl (C=O) groups is 2. The van der Waals surface area contributed by atoms with Gasteiger partial charge in [-0.2, -0.15) is 5.26 Å².